The maximum atomic E-state index is 11.7. The molecule has 0 aliphatic rings. The highest BCUT2D eigenvalue weighted by molar-refractivity contribution is 5.99. The van der Waals surface area contributed by atoms with Gasteiger partial charge < -0.3 is 16.0 Å². The number of aromatic amines is 1. The SMILES string of the molecule is CCNC(C)c1ccc(NC(=O)Nc2cn[nH]c2)cc1. The fourth-order valence-electron chi connectivity index (χ4n) is 1.89. The number of amides is 2. The van der Waals surface area contributed by atoms with Crippen LogP contribution in [0.1, 0.15) is 25.5 Å². The number of nitrogens with zero attached hydrogens (tertiary/aromatic N) is 1. The number of carbonyl (C=O) groups is 1. The Morgan fingerprint density at radius 2 is 1.95 bits per heavy atom. The average Bonchev–Trinajstić information content (AvgIpc) is 2.92. The van der Waals surface area contributed by atoms with E-state index in [1.54, 1.807) is 12.4 Å². The standard InChI is InChI=1S/C14H19N5O/c1-3-15-10(2)11-4-6-12(7-5-11)18-14(20)19-13-8-16-17-9-13/h4-10,15H,3H2,1-2H3,(H,16,17)(H2,18,19,20). The molecule has 2 rings (SSSR count). The van der Waals surface area contributed by atoms with Crippen LogP contribution in [0.15, 0.2) is 36.7 Å². The molecule has 4 N–H and O–H groups in total. The predicted octanol–water partition coefficient (Wildman–Crippen LogP) is 2.72. The van der Waals surface area contributed by atoms with Gasteiger partial charge in [0.05, 0.1) is 11.9 Å². The second kappa shape index (κ2) is 6.72. The summed E-state index contributed by atoms with van der Waals surface area (Å²) in [4.78, 5) is 11.7. The van der Waals surface area contributed by atoms with Gasteiger partial charge in [-0.15, -0.1) is 0 Å². The number of rotatable bonds is 5. The molecule has 20 heavy (non-hydrogen) atoms. The third-order valence-electron chi connectivity index (χ3n) is 2.93. The molecule has 0 radical (unpaired) electrons. The van der Waals surface area contributed by atoms with E-state index < -0.39 is 0 Å². The fraction of sp³-hybridized carbons (Fsp3) is 0.286. The summed E-state index contributed by atoms with van der Waals surface area (Å²) >= 11 is 0. The van der Waals surface area contributed by atoms with Crippen LogP contribution in [0.5, 0.6) is 0 Å². The maximum absolute atomic E-state index is 11.7. The number of benzene rings is 1. The highest BCUT2D eigenvalue weighted by Gasteiger charge is 2.05. The van der Waals surface area contributed by atoms with E-state index in [0.29, 0.717) is 11.7 Å². The Morgan fingerprint density at radius 1 is 1.25 bits per heavy atom. The smallest absolute Gasteiger partial charge is 0.310 e. The van der Waals surface area contributed by atoms with Crippen molar-refractivity contribution >= 4 is 17.4 Å². The minimum Gasteiger partial charge on any atom is -0.310 e. The Hall–Kier alpha value is -2.34. The van der Waals surface area contributed by atoms with Gasteiger partial charge in [0, 0.05) is 17.9 Å². The van der Waals surface area contributed by atoms with E-state index in [0.717, 1.165) is 12.2 Å². The third-order valence-corrected chi connectivity index (χ3v) is 2.93. The molecule has 2 aromatic rings. The number of hydrogen-bond acceptors (Lipinski definition) is 3. The Labute approximate surface area is 118 Å². The van der Waals surface area contributed by atoms with Crippen molar-refractivity contribution in [1.82, 2.24) is 15.5 Å². The van der Waals surface area contributed by atoms with Crippen molar-refractivity contribution < 1.29 is 4.79 Å². The Balaban J connectivity index is 1.91. The number of H-pyrrole nitrogens is 1. The zero-order valence-corrected chi connectivity index (χ0v) is 11.6. The van der Waals surface area contributed by atoms with Crippen molar-refractivity contribution in [2.75, 3.05) is 17.2 Å². The molecule has 6 heteroatoms. The van der Waals surface area contributed by atoms with Crippen molar-refractivity contribution in [3.8, 4) is 0 Å². The normalized spacial score (nSPS) is 11.9. The molecule has 1 unspecified atom stereocenters. The molecule has 1 aromatic carbocycles. The highest BCUT2D eigenvalue weighted by Crippen LogP contribution is 2.16. The lowest BCUT2D eigenvalue weighted by atomic mass is 10.1. The molecule has 0 spiro atoms. The minimum atomic E-state index is -0.293. The van der Waals surface area contributed by atoms with Gasteiger partial charge in [0.25, 0.3) is 0 Å². The number of aromatic nitrogens is 2. The van der Waals surface area contributed by atoms with E-state index in [1.807, 2.05) is 24.3 Å². The molecule has 2 amide bonds. The fourth-order valence-corrected chi connectivity index (χ4v) is 1.89. The lowest BCUT2D eigenvalue weighted by Gasteiger charge is -2.13. The summed E-state index contributed by atoms with van der Waals surface area (Å²) in [6, 6.07) is 7.78. The highest BCUT2D eigenvalue weighted by atomic mass is 16.2. The van der Waals surface area contributed by atoms with E-state index in [4.69, 9.17) is 0 Å². The van der Waals surface area contributed by atoms with Crippen molar-refractivity contribution in [3.63, 3.8) is 0 Å². The number of urea groups is 1. The number of nitrogens with one attached hydrogen (secondary N) is 4. The minimum absolute atomic E-state index is 0.293. The van der Waals surface area contributed by atoms with Crippen molar-refractivity contribution in [3.05, 3.63) is 42.2 Å². The Morgan fingerprint density at radius 3 is 2.55 bits per heavy atom. The number of anilines is 2. The van der Waals surface area contributed by atoms with Gasteiger partial charge in [-0.05, 0) is 31.2 Å². The zero-order valence-electron chi connectivity index (χ0n) is 11.6. The quantitative estimate of drug-likeness (QED) is 0.676. The van der Waals surface area contributed by atoms with E-state index in [-0.39, 0.29) is 6.03 Å². The monoisotopic (exact) mass is 273 g/mol. The summed E-state index contributed by atoms with van der Waals surface area (Å²) in [5.74, 6) is 0. The summed E-state index contributed by atoms with van der Waals surface area (Å²) in [5, 5.41) is 15.2. The van der Waals surface area contributed by atoms with Gasteiger partial charge in [-0.2, -0.15) is 5.10 Å². The lowest BCUT2D eigenvalue weighted by molar-refractivity contribution is 0.262. The van der Waals surface area contributed by atoms with Gasteiger partial charge in [-0.3, -0.25) is 5.10 Å². The molecule has 0 fully saturated rings. The first-order valence-electron chi connectivity index (χ1n) is 6.59. The largest absolute Gasteiger partial charge is 0.323 e. The predicted molar refractivity (Wildman–Crippen MR) is 79.8 cm³/mol. The number of carbonyl (C=O) groups excluding carboxylic acids is 1. The van der Waals surface area contributed by atoms with Crippen LogP contribution in [0.2, 0.25) is 0 Å². The lowest BCUT2D eigenvalue weighted by Crippen LogP contribution is -2.19. The van der Waals surface area contributed by atoms with E-state index in [2.05, 4.69) is 40.0 Å². The molecular weight excluding hydrogens is 254 g/mol. The molecule has 106 valence electrons. The first-order valence-corrected chi connectivity index (χ1v) is 6.59. The second-order valence-corrected chi connectivity index (χ2v) is 4.47. The van der Waals surface area contributed by atoms with Crippen LogP contribution in [0.3, 0.4) is 0 Å². The summed E-state index contributed by atoms with van der Waals surface area (Å²) < 4.78 is 0. The van der Waals surface area contributed by atoms with Gasteiger partial charge in [-0.25, -0.2) is 4.79 Å². The van der Waals surface area contributed by atoms with E-state index in [1.165, 1.54) is 5.56 Å². The van der Waals surface area contributed by atoms with Crippen LogP contribution in [0.25, 0.3) is 0 Å². The van der Waals surface area contributed by atoms with Crippen LogP contribution in [-0.4, -0.2) is 22.8 Å². The molecule has 0 aliphatic heterocycles. The summed E-state index contributed by atoms with van der Waals surface area (Å²) in [6.45, 7) is 5.11. The van der Waals surface area contributed by atoms with Gasteiger partial charge in [0.1, 0.15) is 0 Å². The van der Waals surface area contributed by atoms with E-state index in [9.17, 15) is 4.79 Å². The molecule has 1 aromatic heterocycles. The van der Waals surface area contributed by atoms with Crippen LogP contribution in [0.4, 0.5) is 16.2 Å². The first-order chi connectivity index (χ1) is 9.69. The summed E-state index contributed by atoms with van der Waals surface area (Å²) in [6.07, 6.45) is 3.15. The second-order valence-electron chi connectivity index (χ2n) is 4.47. The topological polar surface area (TPSA) is 81.8 Å². The molecule has 1 atom stereocenters. The van der Waals surface area contributed by atoms with E-state index >= 15 is 0 Å². The first kappa shape index (κ1) is 14.1. The van der Waals surface area contributed by atoms with Crippen LogP contribution >= 0.6 is 0 Å². The maximum Gasteiger partial charge on any atom is 0.323 e. The van der Waals surface area contributed by atoms with Gasteiger partial charge >= 0.3 is 6.03 Å². The average molecular weight is 273 g/mol. The van der Waals surface area contributed by atoms with Gasteiger partial charge in [0.15, 0.2) is 0 Å². The van der Waals surface area contributed by atoms with Gasteiger partial charge in [0.2, 0.25) is 0 Å². The Bertz CT molecular complexity index is 535. The molecule has 0 saturated heterocycles. The molecule has 0 aliphatic carbocycles. The summed E-state index contributed by atoms with van der Waals surface area (Å²) in [5.41, 5.74) is 2.56. The van der Waals surface area contributed by atoms with Crippen molar-refractivity contribution in [2.45, 2.75) is 19.9 Å². The van der Waals surface area contributed by atoms with Crippen LogP contribution in [0, 0.1) is 0 Å². The molecule has 0 saturated carbocycles. The van der Waals surface area contributed by atoms with Crippen LogP contribution < -0.4 is 16.0 Å². The molecule has 0 bridgehead atoms. The van der Waals surface area contributed by atoms with Crippen LogP contribution in [-0.2, 0) is 0 Å². The molecule has 1 heterocycles. The molecular formula is C14H19N5O. The van der Waals surface area contributed by atoms with Crippen molar-refractivity contribution in [2.24, 2.45) is 0 Å². The van der Waals surface area contributed by atoms with Gasteiger partial charge in [-0.1, -0.05) is 19.1 Å². The third kappa shape index (κ3) is 3.83. The summed E-state index contributed by atoms with van der Waals surface area (Å²) in [7, 11) is 0. The zero-order chi connectivity index (χ0) is 14.4. The molecule has 6 nitrogen and oxygen atoms in total. The Kier molecular flexibility index (Phi) is 4.73. The number of hydrogen-bond donors (Lipinski definition) is 4. The van der Waals surface area contributed by atoms with Crippen molar-refractivity contribution in [1.29, 1.82) is 0 Å².